The number of rotatable bonds is 3. The van der Waals surface area contributed by atoms with Crippen LogP contribution in [-0.2, 0) is 0 Å². The smallest absolute Gasteiger partial charge is 0.193 e. The topological polar surface area (TPSA) is 51.2 Å². The molecule has 4 heteroatoms. The van der Waals surface area contributed by atoms with Crippen LogP contribution in [-0.4, -0.2) is 0 Å². The van der Waals surface area contributed by atoms with Crippen molar-refractivity contribution in [2.45, 2.75) is 19.9 Å². The van der Waals surface area contributed by atoms with Gasteiger partial charge in [-0.05, 0) is 48.7 Å². The van der Waals surface area contributed by atoms with Crippen molar-refractivity contribution in [1.82, 2.24) is 5.43 Å². The summed E-state index contributed by atoms with van der Waals surface area (Å²) in [5.74, 6) is 6.31. The maximum atomic E-state index is 5.78. The third-order valence-corrected chi connectivity index (χ3v) is 2.98. The summed E-state index contributed by atoms with van der Waals surface area (Å²) in [5.41, 5.74) is 6.23. The van der Waals surface area contributed by atoms with E-state index in [0.29, 0.717) is 11.0 Å². The van der Waals surface area contributed by atoms with E-state index in [1.807, 2.05) is 12.1 Å². The molecule has 0 aliphatic carbocycles. The number of hydrogen-bond donors (Lipinski definition) is 2. The van der Waals surface area contributed by atoms with Crippen molar-refractivity contribution in [3.05, 3.63) is 58.0 Å². The van der Waals surface area contributed by atoms with Gasteiger partial charge in [0.2, 0.25) is 0 Å². The molecule has 0 aliphatic rings. The molecule has 0 fully saturated rings. The molecule has 0 saturated carbocycles. The predicted molar refractivity (Wildman–Crippen MR) is 68.8 cm³/mol. The van der Waals surface area contributed by atoms with Crippen molar-refractivity contribution in [3.63, 3.8) is 0 Å². The van der Waals surface area contributed by atoms with Crippen molar-refractivity contribution in [2.24, 2.45) is 5.84 Å². The first-order valence-electron chi connectivity index (χ1n) is 5.40. The molecular weight excluding hydrogens is 236 g/mol. The van der Waals surface area contributed by atoms with Gasteiger partial charge in [-0.3, -0.25) is 5.84 Å². The lowest BCUT2D eigenvalue weighted by molar-refractivity contribution is 0.452. The van der Waals surface area contributed by atoms with Gasteiger partial charge in [-0.1, -0.05) is 23.8 Å². The molecule has 0 spiro atoms. The summed E-state index contributed by atoms with van der Waals surface area (Å²) in [6.45, 7) is 4.11. The molecule has 0 aliphatic heterocycles. The number of aryl methyl sites for hydroxylation is 2. The highest BCUT2D eigenvalue weighted by atomic mass is 35.5. The molecule has 1 heterocycles. The van der Waals surface area contributed by atoms with Gasteiger partial charge in [0.05, 0.1) is 0 Å². The third kappa shape index (κ3) is 2.52. The van der Waals surface area contributed by atoms with Gasteiger partial charge < -0.3 is 4.42 Å². The van der Waals surface area contributed by atoms with E-state index in [-0.39, 0.29) is 6.04 Å². The molecule has 0 amide bonds. The molecule has 0 radical (unpaired) electrons. The molecule has 0 saturated heterocycles. The van der Waals surface area contributed by atoms with Crippen LogP contribution in [0, 0.1) is 13.8 Å². The Hall–Kier alpha value is -1.29. The quantitative estimate of drug-likeness (QED) is 0.650. The minimum atomic E-state index is -0.178. The van der Waals surface area contributed by atoms with Crippen molar-refractivity contribution in [2.75, 3.05) is 0 Å². The number of benzene rings is 1. The summed E-state index contributed by atoms with van der Waals surface area (Å²) in [4.78, 5) is 0. The number of furan rings is 1. The molecule has 1 aromatic heterocycles. The van der Waals surface area contributed by atoms with Gasteiger partial charge >= 0.3 is 0 Å². The van der Waals surface area contributed by atoms with Crippen molar-refractivity contribution < 1.29 is 4.42 Å². The minimum Gasteiger partial charge on any atom is -0.448 e. The van der Waals surface area contributed by atoms with Crippen LogP contribution in [0.1, 0.15) is 28.5 Å². The zero-order valence-corrected chi connectivity index (χ0v) is 10.6. The van der Waals surface area contributed by atoms with E-state index in [2.05, 4.69) is 31.4 Å². The van der Waals surface area contributed by atoms with E-state index in [1.165, 1.54) is 11.1 Å². The maximum Gasteiger partial charge on any atom is 0.193 e. The monoisotopic (exact) mass is 250 g/mol. The highest BCUT2D eigenvalue weighted by molar-refractivity contribution is 6.28. The van der Waals surface area contributed by atoms with Crippen LogP contribution in [0.3, 0.4) is 0 Å². The molecule has 2 aromatic rings. The van der Waals surface area contributed by atoms with Gasteiger partial charge in [-0.25, -0.2) is 5.43 Å². The van der Waals surface area contributed by atoms with Gasteiger partial charge in [0, 0.05) is 0 Å². The van der Waals surface area contributed by atoms with E-state index < -0.39 is 0 Å². The molecule has 2 rings (SSSR count). The number of hydrazine groups is 1. The first-order valence-corrected chi connectivity index (χ1v) is 5.78. The fourth-order valence-electron chi connectivity index (χ4n) is 1.96. The van der Waals surface area contributed by atoms with Crippen LogP contribution in [0.25, 0.3) is 0 Å². The first kappa shape index (κ1) is 12.2. The van der Waals surface area contributed by atoms with Crippen molar-refractivity contribution >= 4 is 11.6 Å². The molecule has 90 valence electrons. The summed E-state index contributed by atoms with van der Waals surface area (Å²) in [7, 11) is 0. The summed E-state index contributed by atoms with van der Waals surface area (Å²) in [6.07, 6.45) is 0. The predicted octanol–water partition coefficient (Wildman–Crippen LogP) is 3.10. The average Bonchev–Trinajstić information content (AvgIpc) is 2.69. The Labute approximate surface area is 106 Å². The molecule has 0 bridgehead atoms. The third-order valence-electron chi connectivity index (χ3n) is 2.78. The van der Waals surface area contributed by atoms with Gasteiger partial charge in [0.15, 0.2) is 5.22 Å². The Morgan fingerprint density at radius 1 is 1.24 bits per heavy atom. The Morgan fingerprint density at radius 2 is 2.00 bits per heavy atom. The Kier molecular flexibility index (Phi) is 3.52. The maximum absolute atomic E-state index is 5.78. The largest absolute Gasteiger partial charge is 0.448 e. The van der Waals surface area contributed by atoms with Crippen molar-refractivity contribution in [3.8, 4) is 0 Å². The second kappa shape index (κ2) is 4.92. The average molecular weight is 251 g/mol. The van der Waals surface area contributed by atoms with Gasteiger partial charge in [-0.2, -0.15) is 0 Å². The summed E-state index contributed by atoms with van der Waals surface area (Å²) in [5, 5.41) is 0.366. The van der Waals surface area contributed by atoms with Crippen LogP contribution >= 0.6 is 11.6 Å². The molecular formula is C13H15ClN2O. The zero-order chi connectivity index (χ0) is 12.4. The van der Waals surface area contributed by atoms with Gasteiger partial charge in [0.1, 0.15) is 11.8 Å². The molecule has 1 atom stereocenters. The molecule has 3 nitrogen and oxygen atoms in total. The highest BCUT2D eigenvalue weighted by Gasteiger charge is 2.18. The van der Waals surface area contributed by atoms with Crippen LogP contribution < -0.4 is 11.3 Å². The van der Waals surface area contributed by atoms with E-state index in [9.17, 15) is 0 Å². The second-order valence-corrected chi connectivity index (χ2v) is 4.47. The Balaban J connectivity index is 2.42. The first-order chi connectivity index (χ1) is 8.11. The zero-order valence-electron chi connectivity index (χ0n) is 9.83. The fourth-order valence-corrected chi connectivity index (χ4v) is 2.11. The second-order valence-electron chi connectivity index (χ2n) is 4.10. The van der Waals surface area contributed by atoms with Crippen LogP contribution in [0.2, 0.25) is 5.22 Å². The van der Waals surface area contributed by atoms with E-state index >= 15 is 0 Å². The lowest BCUT2D eigenvalue weighted by Crippen LogP contribution is -2.29. The van der Waals surface area contributed by atoms with E-state index in [1.54, 1.807) is 6.07 Å². The number of halogens is 1. The highest BCUT2D eigenvalue weighted by Crippen LogP contribution is 2.27. The Bertz CT molecular complexity index is 522. The molecule has 3 N–H and O–H groups in total. The summed E-state index contributed by atoms with van der Waals surface area (Å²) >= 11 is 5.78. The molecule has 17 heavy (non-hydrogen) atoms. The Morgan fingerprint density at radius 3 is 2.53 bits per heavy atom. The van der Waals surface area contributed by atoms with Gasteiger partial charge in [-0.15, -0.1) is 0 Å². The minimum absolute atomic E-state index is 0.178. The summed E-state index contributed by atoms with van der Waals surface area (Å²) < 4.78 is 5.40. The van der Waals surface area contributed by atoms with Crippen LogP contribution in [0.15, 0.2) is 34.7 Å². The van der Waals surface area contributed by atoms with Crippen molar-refractivity contribution in [1.29, 1.82) is 0 Å². The van der Waals surface area contributed by atoms with Crippen LogP contribution in [0.5, 0.6) is 0 Å². The van der Waals surface area contributed by atoms with Crippen LogP contribution in [0.4, 0.5) is 0 Å². The molecule has 1 aromatic carbocycles. The van der Waals surface area contributed by atoms with E-state index in [4.69, 9.17) is 21.9 Å². The summed E-state index contributed by atoms with van der Waals surface area (Å²) in [6, 6.07) is 9.58. The lowest BCUT2D eigenvalue weighted by Gasteiger charge is -2.16. The lowest BCUT2D eigenvalue weighted by atomic mass is 9.98. The number of hydrogen-bond acceptors (Lipinski definition) is 3. The number of nitrogens with two attached hydrogens (primary N) is 1. The normalized spacial score (nSPS) is 12.7. The standard InChI is InChI=1S/C13H15ClN2O/c1-8-3-4-10(9(2)7-8)13(16-15)11-5-6-12(14)17-11/h3-7,13,16H,15H2,1-2H3. The number of nitrogens with one attached hydrogen (secondary N) is 1. The van der Waals surface area contributed by atoms with Gasteiger partial charge in [0.25, 0.3) is 0 Å². The SMILES string of the molecule is Cc1ccc(C(NN)c2ccc(Cl)o2)c(C)c1. The molecule has 1 unspecified atom stereocenters. The fraction of sp³-hybridized carbons (Fsp3) is 0.231. The van der Waals surface area contributed by atoms with E-state index in [0.717, 1.165) is 5.56 Å².